The molecule has 35 heavy (non-hydrogen) atoms. The first-order valence-corrected chi connectivity index (χ1v) is 12.0. The molecule has 0 aromatic heterocycles. The molecule has 1 amide bonds. The molecular formula is C30H31NO4. The van der Waals surface area contributed by atoms with E-state index in [-0.39, 0.29) is 24.0 Å². The van der Waals surface area contributed by atoms with Gasteiger partial charge in [-0.2, -0.15) is 0 Å². The van der Waals surface area contributed by atoms with Crippen molar-refractivity contribution in [3.05, 3.63) is 107 Å². The summed E-state index contributed by atoms with van der Waals surface area (Å²) in [5.41, 5.74) is 3.07. The molecule has 3 aromatic carbocycles. The first kappa shape index (κ1) is 24.4. The minimum Gasteiger partial charge on any atom is -0.480 e. The predicted molar refractivity (Wildman–Crippen MR) is 135 cm³/mol. The van der Waals surface area contributed by atoms with Gasteiger partial charge in [-0.25, -0.2) is 4.79 Å². The lowest BCUT2D eigenvalue weighted by Gasteiger charge is -2.31. The molecule has 1 fully saturated rings. The molecule has 0 radical (unpaired) electrons. The third-order valence-electron chi connectivity index (χ3n) is 6.75. The van der Waals surface area contributed by atoms with Gasteiger partial charge in [-0.1, -0.05) is 104 Å². The maximum absolute atomic E-state index is 14.1. The van der Waals surface area contributed by atoms with Crippen molar-refractivity contribution < 1.29 is 19.5 Å². The number of Topliss-reactive ketones (excluding diaryl/α,β-unsaturated/α-hetero) is 1. The average Bonchev–Trinajstić information content (AvgIpc) is 3.21. The Morgan fingerprint density at radius 2 is 1.40 bits per heavy atom. The van der Waals surface area contributed by atoms with Crippen LogP contribution in [0.1, 0.15) is 59.3 Å². The molecule has 180 valence electrons. The van der Waals surface area contributed by atoms with Crippen LogP contribution >= 0.6 is 0 Å². The second-order valence-corrected chi connectivity index (χ2v) is 9.73. The van der Waals surface area contributed by atoms with Gasteiger partial charge in [0.2, 0.25) is 5.91 Å². The predicted octanol–water partition coefficient (Wildman–Crippen LogP) is 5.66. The van der Waals surface area contributed by atoms with Crippen LogP contribution < -0.4 is 0 Å². The van der Waals surface area contributed by atoms with Crippen molar-refractivity contribution in [2.75, 3.05) is 0 Å². The number of aryl methyl sites for hydroxylation is 1. The Kier molecular flexibility index (Phi) is 7.15. The number of ketones is 1. The number of hydrogen-bond acceptors (Lipinski definition) is 3. The highest BCUT2D eigenvalue weighted by Crippen LogP contribution is 2.51. The molecule has 1 aliphatic rings. The highest BCUT2D eigenvalue weighted by Gasteiger charge is 2.57. The number of amides is 1. The normalized spacial score (nSPS) is 21.8. The van der Waals surface area contributed by atoms with Crippen LogP contribution in [0.2, 0.25) is 0 Å². The summed E-state index contributed by atoms with van der Waals surface area (Å²) < 4.78 is 0. The van der Waals surface area contributed by atoms with Gasteiger partial charge < -0.3 is 10.0 Å². The quantitative estimate of drug-likeness (QED) is 0.453. The lowest BCUT2D eigenvalue weighted by molar-refractivity contribution is -0.150. The number of benzene rings is 3. The zero-order valence-electron chi connectivity index (χ0n) is 20.3. The fourth-order valence-electron chi connectivity index (χ4n) is 5.25. The van der Waals surface area contributed by atoms with E-state index in [9.17, 15) is 19.5 Å². The number of nitrogens with zero attached hydrogens (tertiary/aromatic N) is 1. The number of carbonyl (C=O) groups excluding carboxylic acids is 2. The van der Waals surface area contributed by atoms with Gasteiger partial charge in [0.15, 0.2) is 5.78 Å². The fraction of sp³-hybridized carbons (Fsp3) is 0.300. The van der Waals surface area contributed by atoms with Gasteiger partial charge in [0.05, 0.1) is 12.0 Å². The maximum Gasteiger partial charge on any atom is 0.327 e. The summed E-state index contributed by atoms with van der Waals surface area (Å²) in [6.45, 7) is 5.84. The van der Waals surface area contributed by atoms with E-state index in [1.54, 1.807) is 24.3 Å². The average molecular weight is 470 g/mol. The Morgan fingerprint density at radius 3 is 1.94 bits per heavy atom. The number of carbonyl (C=O) groups is 3. The van der Waals surface area contributed by atoms with E-state index >= 15 is 0 Å². The number of aliphatic carboxylic acids is 1. The van der Waals surface area contributed by atoms with Crippen LogP contribution in [-0.4, -0.2) is 33.7 Å². The Bertz CT molecular complexity index is 1190. The smallest absolute Gasteiger partial charge is 0.327 e. The SMILES string of the molecule is Cc1ccc(C2C(C(=O)c3ccccc3)C(c3ccccc3)C(C(=O)O)N2C(=O)CC(C)C)cc1. The molecule has 0 aliphatic carbocycles. The van der Waals surface area contributed by atoms with Crippen LogP contribution in [0.5, 0.6) is 0 Å². The molecule has 3 aromatic rings. The summed E-state index contributed by atoms with van der Waals surface area (Å²) in [4.78, 5) is 42.1. The van der Waals surface area contributed by atoms with Crippen molar-refractivity contribution in [2.24, 2.45) is 11.8 Å². The first-order chi connectivity index (χ1) is 16.8. The second kappa shape index (κ2) is 10.3. The van der Waals surface area contributed by atoms with Crippen LogP contribution in [0.4, 0.5) is 0 Å². The summed E-state index contributed by atoms with van der Waals surface area (Å²) in [5, 5.41) is 10.5. The van der Waals surface area contributed by atoms with Crippen molar-refractivity contribution in [1.29, 1.82) is 0 Å². The first-order valence-electron chi connectivity index (χ1n) is 12.0. The molecule has 5 nitrogen and oxygen atoms in total. The van der Waals surface area contributed by atoms with Crippen molar-refractivity contribution >= 4 is 17.7 Å². The lowest BCUT2D eigenvalue weighted by Crippen LogP contribution is -2.44. The highest BCUT2D eigenvalue weighted by molar-refractivity contribution is 6.01. The summed E-state index contributed by atoms with van der Waals surface area (Å²) >= 11 is 0. The van der Waals surface area contributed by atoms with Crippen molar-refractivity contribution in [3.8, 4) is 0 Å². The molecule has 1 N–H and O–H groups in total. The molecule has 4 rings (SSSR count). The Morgan fingerprint density at radius 1 is 0.829 bits per heavy atom. The Balaban J connectivity index is 1.97. The van der Waals surface area contributed by atoms with Gasteiger partial charge in [0.1, 0.15) is 6.04 Å². The molecule has 1 aliphatic heterocycles. The van der Waals surface area contributed by atoms with Gasteiger partial charge >= 0.3 is 5.97 Å². The largest absolute Gasteiger partial charge is 0.480 e. The van der Waals surface area contributed by atoms with E-state index in [2.05, 4.69) is 0 Å². The van der Waals surface area contributed by atoms with Crippen LogP contribution in [0.3, 0.4) is 0 Å². The zero-order valence-corrected chi connectivity index (χ0v) is 20.3. The van der Waals surface area contributed by atoms with E-state index in [1.807, 2.05) is 81.4 Å². The maximum atomic E-state index is 14.1. The van der Waals surface area contributed by atoms with E-state index in [0.29, 0.717) is 5.56 Å². The molecule has 4 atom stereocenters. The Hall–Kier alpha value is -3.73. The van der Waals surface area contributed by atoms with Crippen molar-refractivity contribution in [2.45, 2.75) is 45.2 Å². The van der Waals surface area contributed by atoms with Crippen LogP contribution in [0.15, 0.2) is 84.9 Å². The van der Waals surface area contributed by atoms with Gasteiger partial charge in [-0.05, 0) is 24.0 Å². The third kappa shape index (κ3) is 4.90. The third-order valence-corrected chi connectivity index (χ3v) is 6.75. The monoisotopic (exact) mass is 469 g/mol. The Labute approximate surface area is 206 Å². The van der Waals surface area contributed by atoms with Crippen LogP contribution in [0.25, 0.3) is 0 Å². The minimum atomic E-state index is -1.16. The molecule has 0 spiro atoms. The van der Waals surface area contributed by atoms with Gasteiger partial charge in [0, 0.05) is 17.9 Å². The summed E-state index contributed by atoms with van der Waals surface area (Å²) in [7, 11) is 0. The number of likely N-dealkylation sites (tertiary alicyclic amines) is 1. The van der Waals surface area contributed by atoms with E-state index in [1.165, 1.54) is 4.90 Å². The topological polar surface area (TPSA) is 74.7 Å². The highest BCUT2D eigenvalue weighted by atomic mass is 16.4. The number of hydrogen-bond donors (Lipinski definition) is 1. The second-order valence-electron chi connectivity index (χ2n) is 9.73. The molecule has 0 saturated carbocycles. The van der Waals surface area contributed by atoms with Crippen molar-refractivity contribution in [3.63, 3.8) is 0 Å². The fourth-order valence-corrected chi connectivity index (χ4v) is 5.25. The summed E-state index contributed by atoms with van der Waals surface area (Å²) in [5.74, 6) is -2.90. The molecule has 5 heteroatoms. The standard InChI is InChI=1S/C30H31NO4/c1-19(2)18-24(32)31-27(22-16-14-20(3)15-17-22)26(29(33)23-12-8-5-9-13-23)25(28(31)30(34)35)21-10-6-4-7-11-21/h4-17,19,25-28H,18H2,1-3H3,(H,34,35). The zero-order chi connectivity index (χ0) is 25.1. The number of rotatable bonds is 7. The van der Waals surface area contributed by atoms with Crippen LogP contribution in [0, 0.1) is 18.8 Å². The molecule has 1 saturated heterocycles. The lowest BCUT2D eigenvalue weighted by atomic mass is 9.76. The van der Waals surface area contributed by atoms with Gasteiger partial charge in [-0.15, -0.1) is 0 Å². The number of carboxylic acid groups (broad SMARTS) is 1. The van der Waals surface area contributed by atoms with Gasteiger partial charge in [-0.3, -0.25) is 9.59 Å². The summed E-state index contributed by atoms with van der Waals surface area (Å²) in [6, 6.07) is 24.1. The molecule has 0 bridgehead atoms. The molecule has 1 heterocycles. The molecular weight excluding hydrogens is 438 g/mol. The van der Waals surface area contributed by atoms with E-state index in [0.717, 1.165) is 16.7 Å². The molecule has 4 unspecified atom stereocenters. The van der Waals surface area contributed by atoms with E-state index < -0.39 is 29.9 Å². The minimum absolute atomic E-state index is 0.0506. The van der Waals surface area contributed by atoms with Crippen molar-refractivity contribution in [1.82, 2.24) is 4.90 Å². The van der Waals surface area contributed by atoms with E-state index in [4.69, 9.17) is 0 Å². The number of carboxylic acids is 1. The summed E-state index contributed by atoms with van der Waals surface area (Å²) in [6.07, 6.45) is 0.208. The van der Waals surface area contributed by atoms with Gasteiger partial charge in [0.25, 0.3) is 0 Å². The van der Waals surface area contributed by atoms with Crippen LogP contribution in [-0.2, 0) is 9.59 Å².